The second kappa shape index (κ2) is 6.28. The van der Waals surface area contributed by atoms with Gasteiger partial charge in [-0.1, -0.05) is 24.3 Å². The van der Waals surface area contributed by atoms with Gasteiger partial charge in [-0.2, -0.15) is 0 Å². The minimum Gasteiger partial charge on any atom is -0.386 e. The predicted octanol–water partition coefficient (Wildman–Crippen LogP) is 2.17. The van der Waals surface area contributed by atoms with E-state index in [4.69, 9.17) is 0 Å². The number of sulfone groups is 1. The Labute approximate surface area is 147 Å². The summed E-state index contributed by atoms with van der Waals surface area (Å²) >= 11 is 0. The quantitative estimate of drug-likeness (QED) is 0.876. The lowest BCUT2D eigenvalue weighted by Gasteiger charge is -2.18. The lowest BCUT2D eigenvalue weighted by Crippen LogP contribution is -2.23. The van der Waals surface area contributed by atoms with Crippen molar-refractivity contribution in [2.45, 2.75) is 37.3 Å². The average molecular weight is 359 g/mol. The second-order valence-electron chi connectivity index (χ2n) is 6.83. The molecule has 0 spiro atoms. The number of carbonyl (C=O) groups excluding carboxylic acids is 1. The van der Waals surface area contributed by atoms with Crippen LogP contribution in [0.3, 0.4) is 0 Å². The van der Waals surface area contributed by atoms with Gasteiger partial charge in [-0.3, -0.25) is 4.79 Å². The number of fused-ring (bicyclic) bond motifs is 1. The SMILES string of the molecule is CC(C)(O)c1ccc(CNC(=O)c2ccc3c(c2)CCS3(=O)=O)cc1. The fourth-order valence-electron chi connectivity index (χ4n) is 2.89. The van der Waals surface area contributed by atoms with E-state index in [2.05, 4.69) is 5.32 Å². The van der Waals surface area contributed by atoms with Crippen LogP contribution in [0.25, 0.3) is 0 Å². The molecule has 2 aromatic rings. The Morgan fingerprint density at radius 3 is 2.48 bits per heavy atom. The summed E-state index contributed by atoms with van der Waals surface area (Å²) in [6, 6.07) is 12.1. The molecule has 3 rings (SSSR count). The minimum atomic E-state index is -3.17. The highest BCUT2D eigenvalue weighted by molar-refractivity contribution is 7.91. The zero-order valence-corrected chi connectivity index (χ0v) is 15.1. The first kappa shape index (κ1) is 17.6. The summed E-state index contributed by atoms with van der Waals surface area (Å²) in [6.07, 6.45) is 0.456. The van der Waals surface area contributed by atoms with E-state index < -0.39 is 15.4 Å². The zero-order valence-electron chi connectivity index (χ0n) is 14.2. The van der Waals surface area contributed by atoms with Crippen molar-refractivity contribution in [3.05, 3.63) is 64.7 Å². The molecule has 1 amide bonds. The molecule has 0 aliphatic carbocycles. The summed E-state index contributed by atoms with van der Waals surface area (Å²) in [7, 11) is -3.17. The van der Waals surface area contributed by atoms with Crippen molar-refractivity contribution in [3.8, 4) is 0 Å². The highest BCUT2D eigenvalue weighted by Gasteiger charge is 2.26. The van der Waals surface area contributed by atoms with E-state index in [0.29, 0.717) is 29.0 Å². The molecule has 0 atom stereocenters. The smallest absolute Gasteiger partial charge is 0.251 e. The number of benzene rings is 2. The normalized spacial score (nSPS) is 15.6. The van der Waals surface area contributed by atoms with Gasteiger partial charge in [-0.15, -0.1) is 0 Å². The molecule has 0 unspecified atom stereocenters. The van der Waals surface area contributed by atoms with Gasteiger partial charge >= 0.3 is 0 Å². The topological polar surface area (TPSA) is 83.5 Å². The number of nitrogens with one attached hydrogen (secondary N) is 1. The van der Waals surface area contributed by atoms with E-state index in [1.807, 2.05) is 24.3 Å². The highest BCUT2D eigenvalue weighted by Crippen LogP contribution is 2.26. The Morgan fingerprint density at radius 1 is 1.16 bits per heavy atom. The lowest BCUT2D eigenvalue weighted by molar-refractivity contribution is 0.0785. The molecule has 0 bridgehead atoms. The molecule has 0 aromatic heterocycles. The summed E-state index contributed by atoms with van der Waals surface area (Å²) < 4.78 is 23.6. The van der Waals surface area contributed by atoms with Crippen molar-refractivity contribution in [2.24, 2.45) is 0 Å². The third-order valence-corrected chi connectivity index (χ3v) is 6.22. The number of carbonyl (C=O) groups is 1. The third-order valence-electron chi connectivity index (χ3n) is 4.41. The molecule has 2 aromatic carbocycles. The van der Waals surface area contributed by atoms with E-state index >= 15 is 0 Å². The van der Waals surface area contributed by atoms with Crippen LogP contribution in [0.5, 0.6) is 0 Å². The van der Waals surface area contributed by atoms with E-state index in [9.17, 15) is 18.3 Å². The van der Waals surface area contributed by atoms with Crippen LogP contribution in [0.15, 0.2) is 47.4 Å². The van der Waals surface area contributed by atoms with Crippen molar-refractivity contribution in [1.82, 2.24) is 5.32 Å². The van der Waals surface area contributed by atoms with Gasteiger partial charge in [0, 0.05) is 12.1 Å². The van der Waals surface area contributed by atoms with Crippen molar-refractivity contribution in [1.29, 1.82) is 0 Å². The second-order valence-corrected chi connectivity index (χ2v) is 8.91. The predicted molar refractivity (Wildman–Crippen MR) is 95.1 cm³/mol. The van der Waals surface area contributed by atoms with E-state index in [1.165, 1.54) is 6.07 Å². The first-order valence-electron chi connectivity index (χ1n) is 8.12. The molecule has 0 saturated heterocycles. The molecule has 0 radical (unpaired) electrons. The minimum absolute atomic E-state index is 0.112. The number of rotatable bonds is 4. The van der Waals surface area contributed by atoms with Crippen LogP contribution >= 0.6 is 0 Å². The summed E-state index contributed by atoms with van der Waals surface area (Å²) in [6.45, 7) is 3.80. The summed E-state index contributed by atoms with van der Waals surface area (Å²) in [4.78, 5) is 12.6. The monoisotopic (exact) mass is 359 g/mol. The van der Waals surface area contributed by atoms with Crippen LogP contribution in [0.1, 0.15) is 40.9 Å². The molecule has 5 nitrogen and oxygen atoms in total. The first-order valence-corrected chi connectivity index (χ1v) is 9.78. The first-order chi connectivity index (χ1) is 11.7. The maximum absolute atomic E-state index is 12.3. The lowest BCUT2D eigenvalue weighted by atomic mass is 9.97. The van der Waals surface area contributed by atoms with Gasteiger partial charge in [0.1, 0.15) is 0 Å². The average Bonchev–Trinajstić information content (AvgIpc) is 2.87. The maximum atomic E-state index is 12.3. The molecule has 2 N–H and O–H groups in total. The van der Waals surface area contributed by atoms with E-state index in [-0.39, 0.29) is 11.7 Å². The van der Waals surface area contributed by atoms with Gasteiger partial charge in [-0.05, 0) is 55.2 Å². The number of amides is 1. The van der Waals surface area contributed by atoms with Gasteiger partial charge in [0.2, 0.25) is 0 Å². The van der Waals surface area contributed by atoms with Crippen molar-refractivity contribution < 1.29 is 18.3 Å². The molecule has 0 saturated carbocycles. The molecule has 0 fully saturated rings. The van der Waals surface area contributed by atoms with Crippen molar-refractivity contribution >= 4 is 15.7 Å². The van der Waals surface area contributed by atoms with Gasteiger partial charge in [-0.25, -0.2) is 8.42 Å². The van der Waals surface area contributed by atoms with Gasteiger partial charge in [0.05, 0.1) is 16.2 Å². The van der Waals surface area contributed by atoms with Crippen LogP contribution in [-0.4, -0.2) is 25.2 Å². The number of aryl methyl sites for hydroxylation is 1. The van der Waals surface area contributed by atoms with Gasteiger partial charge in [0.15, 0.2) is 9.84 Å². The third kappa shape index (κ3) is 3.75. The van der Waals surface area contributed by atoms with E-state index in [0.717, 1.165) is 11.1 Å². The number of hydrogen-bond donors (Lipinski definition) is 2. The Bertz CT molecular complexity index is 909. The molecule has 132 valence electrons. The van der Waals surface area contributed by atoms with Gasteiger partial charge < -0.3 is 10.4 Å². The van der Waals surface area contributed by atoms with Crippen LogP contribution in [0.4, 0.5) is 0 Å². The highest BCUT2D eigenvalue weighted by atomic mass is 32.2. The van der Waals surface area contributed by atoms with Crippen LogP contribution in [-0.2, 0) is 28.4 Å². The molecule has 1 heterocycles. The fourth-order valence-corrected chi connectivity index (χ4v) is 4.43. The van der Waals surface area contributed by atoms with Crippen LogP contribution < -0.4 is 5.32 Å². The Hall–Kier alpha value is -2.18. The van der Waals surface area contributed by atoms with Gasteiger partial charge in [0.25, 0.3) is 5.91 Å². The zero-order chi connectivity index (χ0) is 18.2. The van der Waals surface area contributed by atoms with Crippen LogP contribution in [0, 0.1) is 0 Å². The van der Waals surface area contributed by atoms with E-state index in [1.54, 1.807) is 26.0 Å². The Balaban J connectivity index is 1.67. The molecule has 25 heavy (non-hydrogen) atoms. The number of hydrogen-bond acceptors (Lipinski definition) is 4. The largest absolute Gasteiger partial charge is 0.386 e. The fraction of sp³-hybridized carbons (Fsp3) is 0.316. The maximum Gasteiger partial charge on any atom is 0.251 e. The molecule has 1 aliphatic heterocycles. The molecular weight excluding hydrogens is 338 g/mol. The number of aliphatic hydroxyl groups is 1. The van der Waals surface area contributed by atoms with Crippen LogP contribution in [0.2, 0.25) is 0 Å². The summed E-state index contributed by atoms with van der Waals surface area (Å²) in [5, 5.41) is 12.8. The standard InChI is InChI=1S/C19H21NO4S/c1-19(2,22)16-6-3-13(4-7-16)12-20-18(21)15-5-8-17-14(11-15)9-10-25(17,23)24/h3-8,11,22H,9-10,12H2,1-2H3,(H,20,21). The molecular formula is C19H21NO4S. The van der Waals surface area contributed by atoms with Crippen molar-refractivity contribution in [2.75, 3.05) is 5.75 Å². The molecule has 6 heteroatoms. The summed E-state index contributed by atoms with van der Waals surface area (Å²) in [5.41, 5.74) is 2.01. The summed E-state index contributed by atoms with van der Waals surface area (Å²) in [5.74, 6) is -0.125. The Morgan fingerprint density at radius 2 is 1.84 bits per heavy atom. The van der Waals surface area contributed by atoms with Crippen molar-refractivity contribution in [3.63, 3.8) is 0 Å². The molecule has 1 aliphatic rings. The Kier molecular flexibility index (Phi) is 4.43.